The molecule has 0 bridgehead atoms. The molecule has 1 atom stereocenters. The van der Waals surface area contributed by atoms with Crippen LogP contribution < -0.4 is 5.32 Å². The summed E-state index contributed by atoms with van der Waals surface area (Å²) in [5, 5.41) is 7.66. The van der Waals surface area contributed by atoms with Crippen molar-refractivity contribution >= 4 is 17.0 Å². The molecule has 132 valence electrons. The highest BCUT2D eigenvalue weighted by atomic mass is 16.6. The molecule has 0 unspecified atom stereocenters. The van der Waals surface area contributed by atoms with E-state index in [4.69, 9.17) is 9.26 Å². The van der Waals surface area contributed by atoms with Gasteiger partial charge in [0.25, 0.3) is 5.89 Å². The molecule has 0 aliphatic heterocycles. The monoisotopic (exact) mass is 342 g/mol. The number of carbonyl (C=O) groups excluding carboxylic acids is 1. The van der Waals surface area contributed by atoms with Crippen LogP contribution in [0.3, 0.4) is 0 Å². The van der Waals surface area contributed by atoms with Crippen LogP contribution in [0.15, 0.2) is 35.0 Å². The lowest BCUT2D eigenvalue weighted by molar-refractivity contribution is 0.0722. The number of ether oxygens (including phenoxy) is 1. The number of benzene rings is 1. The number of aromatic nitrogens is 3. The van der Waals surface area contributed by atoms with Gasteiger partial charge in [0.05, 0.1) is 0 Å². The number of hydrogen-bond acceptors (Lipinski definition) is 5. The molecule has 0 saturated heterocycles. The Kier molecular flexibility index (Phi) is 4.48. The van der Waals surface area contributed by atoms with E-state index in [9.17, 15) is 4.79 Å². The van der Waals surface area contributed by atoms with Gasteiger partial charge in [-0.1, -0.05) is 23.4 Å². The molecule has 3 rings (SSSR count). The van der Waals surface area contributed by atoms with Gasteiger partial charge in [0.2, 0.25) is 0 Å². The standard InChI is InChI=1S/C18H22N4O3/c1-11-20-16(25-22-11)15(24-17(23)21-18(2,3)4)9-12-10-19-14-8-6-5-7-13(12)14/h5-8,10,15,19H,9H2,1-4H3,(H,21,23)/t15-/m0/s1. The summed E-state index contributed by atoms with van der Waals surface area (Å²) in [6, 6.07) is 7.96. The minimum Gasteiger partial charge on any atom is -0.436 e. The van der Waals surface area contributed by atoms with Crippen LogP contribution >= 0.6 is 0 Å². The van der Waals surface area contributed by atoms with Gasteiger partial charge >= 0.3 is 6.09 Å². The fourth-order valence-corrected chi connectivity index (χ4v) is 2.59. The molecule has 1 amide bonds. The molecule has 2 N–H and O–H groups in total. The maximum absolute atomic E-state index is 12.2. The Bertz CT molecular complexity index is 876. The van der Waals surface area contributed by atoms with Crippen molar-refractivity contribution in [3.8, 4) is 0 Å². The Morgan fingerprint density at radius 2 is 2.12 bits per heavy atom. The number of aryl methyl sites for hydroxylation is 1. The van der Waals surface area contributed by atoms with E-state index in [1.165, 1.54) is 0 Å². The predicted octanol–water partition coefficient (Wildman–Crippen LogP) is 3.67. The molecule has 7 heteroatoms. The summed E-state index contributed by atoms with van der Waals surface area (Å²) in [5.74, 6) is 0.783. The Labute approximate surface area is 145 Å². The molecule has 0 saturated carbocycles. The van der Waals surface area contributed by atoms with Crippen molar-refractivity contribution < 1.29 is 14.1 Å². The quantitative estimate of drug-likeness (QED) is 0.754. The fraction of sp³-hybridized carbons (Fsp3) is 0.389. The average Bonchev–Trinajstić information content (AvgIpc) is 3.12. The molecule has 1 aromatic carbocycles. The van der Waals surface area contributed by atoms with E-state index < -0.39 is 17.7 Å². The fourth-order valence-electron chi connectivity index (χ4n) is 2.59. The lowest BCUT2D eigenvalue weighted by atomic mass is 10.1. The molecular weight excluding hydrogens is 320 g/mol. The number of carbonyl (C=O) groups is 1. The highest BCUT2D eigenvalue weighted by molar-refractivity contribution is 5.83. The molecule has 2 aromatic heterocycles. The van der Waals surface area contributed by atoms with Crippen LogP contribution in [0.5, 0.6) is 0 Å². The highest BCUT2D eigenvalue weighted by Gasteiger charge is 2.26. The number of para-hydroxylation sites is 1. The third-order valence-corrected chi connectivity index (χ3v) is 3.63. The van der Waals surface area contributed by atoms with Crippen LogP contribution in [-0.2, 0) is 11.2 Å². The largest absolute Gasteiger partial charge is 0.436 e. The topological polar surface area (TPSA) is 93.0 Å². The van der Waals surface area contributed by atoms with E-state index in [0.29, 0.717) is 12.2 Å². The normalized spacial score (nSPS) is 13.0. The molecule has 0 radical (unpaired) electrons. The zero-order valence-corrected chi connectivity index (χ0v) is 14.8. The third kappa shape index (κ3) is 4.17. The molecule has 2 heterocycles. The summed E-state index contributed by atoms with van der Waals surface area (Å²) < 4.78 is 10.8. The van der Waals surface area contributed by atoms with Gasteiger partial charge < -0.3 is 19.6 Å². The van der Waals surface area contributed by atoms with Crippen molar-refractivity contribution in [2.75, 3.05) is 0 Å². The van der Waals surface area contributed by atoms with E-state index in [1.54, 1.807) is 6.92 Å². The van der Waals surface area contributed by atoms with Crippen molar-refractivity contribution in [3.63, 3.8) is 0 Å². The van der Waals surface area contributed by atoms with Gasteiger partial charge in [-0.25, -0.2) is 4.79 Å². The van der Waals surface area contributed by atoms with Crippen molar-refractivity contribution in [2.24, 2.45) is 0 Å². The summed E-state index contributed by atoms with van der Waals surface area (Å²) in [5.41, 5.74) is 1.64. The van der Waals surface area contributed by atoms with Gasteiger partial charge in [-0.15, -0.1) is 0 Å². The number of nitrogens with zero attached hydrogens (tertiary/aromatic N) is 2. The van der Waals surface area contributed by atoms with E-state index >= 15 is 0 Å². The summed E-state index contributed by atoms with van der Waals surface area (Å²) in [4.78, 5) is 19.7. The number of fused-ring (bicyclic) bond motifs is 1. The second-order valence-electron chi connectivity index (χ2n) is 7.01. The Hall–Kier alpha value is -2.83. The average molecular weight is 342 g/mol. The van der Waals surface area contributed by atoms with Gasteiger partial charge in [-0.05, 0) is 39.3 Å². The zero-order valence-electron chi connectivity index (χ0n) is 14.8. The summed E-state index contributed by atoms with van der Waals surface area (Å²) in [6.45, 7) is 7.39. The maximum atomic E-state index is 12.2. The van der Waals surface area contributed by atoms with Crippen LogP contribution in [0.25, 0.3) is 10.9 Å². The maximum Gasteiger partial charge on any atom is 0.408 e. The van der Waals surface area contributed by atoms with Gasteiger partial charge in [-0.2, -0.15) is 4.98 Å². The second-order valence-corrected chi connectivity index (χ2v) is 7.01. The Balaban J connectivity index is 1.85. The Morgan fingerprint density at radius 3 is 2.80 bits per heavy atom. The van der Waals surface area contributed by atoms with E-state index in [-0.39, 0.29) is 5.89 Å². The van der Waals surface area contributed by atoms with Gasteiger partial charge in [0, 0.05) is 29.1 Å². The third-order valence-electron chi connectivity index (χ3n) is 3.63. The van der Waals surface area contributed by atoms with Crippen LogP contribution in [-0.4, -0.2) is 26.8 Å². The molecule has 25 heavy (non-hydrogen) atoms. The molecular formula is C18H22N4O3. The van der Waals surface area contributed by atoms with Crippen LogP contribution in [0, 0.1) is 6.92 Å². The lowest BCUT2D eigenvalue weighted by Crippen LogP contribution is -2.41. The minimum atomic E-state index is -0.664. The van der Waals surface area contributed by atoms with Crippen molar-refractivity contribution in [3.05, 3.63) is 47.7 Å². The Morgan fingerprint density at radius 1 is 1.36 bits per heavy atom. The number of rotatable bonds is 4. The van der Waals surface area contributed by atoms with E-state index in [2.05, 4.69) is 20.4 Å². The molecule has 0 aliphatic rings. The summed E-state index contributed by atoms with van der Waals surface area (Å²) >= 11 is 0. The zero-order chi connectivity index (χ0) is 18.0. The van der Waals surface area contributed by atoms with Gasteiger partial charge in [-0.3, -0.25) is 0 Å². The summed E-state index contributed by atoms with van der Waals surface area (Å²) in [6.07, 6.45) is 1.16. The molecule has 0 aliphatic carbocycles. The van der Waals surface area contributed by atoms with Crippen LogP contribution in [0.2, 0.25) is 0 Å². The van der Waals surface area contributed by atoms with Gasteiger partial charge in [0.1, 0.15) is 0 Å². The number of H-pyrrole nitrogens is 1. The van der Waals surface area contributed by atoms with Gasteiger partial charge in [0.15, 0.2) is 11.9 Å². The first-order chi connectivity index (χ1) is 11.8. The smallest absolute Gasteiger partial charge is 0.408 e. The molecule has 0 spiro atoms. The van der Waals surface area contributed by atoms with Crippen LogP contribution in [0.1, 0.15) is 44.2 Å². The van der Waals surface area contributed by atoms with E-state index in [0.717, 1.165) is 16.5 Å². The first kappa shape index (κ1) is 17.0. The predicted molar refractivity (Wildman–Crippen MR) is 93.1 cm³/mol. The molecule has 7 nitrogen and oxygen atoms in total. The number of nitrogens with one attached hydrogen (secondary N) is 2. The lowest BCUT2D eigenvalue weighted by Gasteiger charge is -2.22. The number of amides is 1. The first-order valence-electron chi connectivity index (χ1n) is 8.16. The minimum absolute atomic E-state index is 0.284. The van der Waals surface area contributed by atoms with Crippen molar-refractivity contribution in [2.45, 2.75) is 45.8 Å². The van der Waals surface area contributed by atoms with E-state index in [1.807, 2.05) is 51.2 Å². The molecule has 3 aromatic rings. The molecule has 0 fully saturated rings. The highest BCUT2D eigenvalue weighted by Crippen LogP contribution is 2.26. The van der Waals surface area contributed by atoms with Crippen molar-refractivity contribution in [1.29, 1.82) is 0 Å². The SMILES string of the molecule is Cc1noc([C@H](Cc2c[nH]c3ccccc23)OC(=O)NC(C)(C)C)n1. The number of alkyl carbamates (subject to hydrolysis) is 1. The second kappa shape index (κ2) is 6.58. The first-order valence-corrected chi connectivity index (χ1v) is 8.16. The number of aromatic amines is 1. The van der Waals surface area contributed by atoms with Crippen LogP contribution in [0.4, 0.5) is 4.79 Å². The number of hydrogen-bond donors (Lipinski definition) is 2. The van der Waals surface area contributed by atoms with Crippen molar-refractivity contribution in [1.82, 2.24) is 20.4 Å². The summed E-state index contributed by atoms with van der Waals surface area (Å²) in [7, 11) is 0.